The summed E-state index contributed by atoms with van der Waals surface area (Å²) < 4.78 is 27.3. The Bertz CT molecular complexity index is 1070. The zero-order chi connectivity index (χ0) is 21.2. The Kier molecular flexibility index (Phi) is 6.04. The van der Waals surface area contributed by atoms with E-state index in [2.05, 4.69) is 21.1 Å². The third-order valence-electron chi connectivity index (χ3n) is 4.43. The number of sulfonamides is 1. The largest absolute Gasteiger partial charge is 0.380 e. The van der Waals surface area contributed by atoms with Crippen molar-refractivity contribution in [1.29, 1.82) is 0 Å². The molecule has 8 nitrogen and oxygen atoms in total. The average Bonchev–Trinajstić information content (AvgIpc) is 3.09. The van der Waals surface area contributed by atoms with Crippen molar-refractivity contribution in [3.05, 3.63) is 64.1 Å². The van der Waals surface area contributed by atoms with E-state index in [0.717, 1.165) is 10.0 Å². The van der Waals surface area contributed by atoms with E-state index in [1.54, 1.807) is 36.4 Å². The minimum Gasteiger partial charge on any atom is -0.284 e. The number of amides is 1. The van der Waals surface area contributed by atoms with E-state index in [1.165, 1.54) is 12.1 Å². The highest BCUT2D eigenvalue weighted by atomic mass is 79.9. The number of nitrogens with one attached hydrogen (secondary N) is 1. The Labute approximate surface area is 176 Å². The molecule has 2 aromatic rings. The molecule has 1 heterocycles. The quantitative estimate of drug-likeness (QED) is 0.276. The van der Waals surface area contributed by atoms with Crippen LogP contribution in [0.4, 0.5) is 0 Å². The summed E-state index contributed by atoms with van der Waals surface area (Å²) in [7, 11) is -4.18. The molecule has 1 amide bonds. The zero-order valence-corrected chi connectivity index (χ0v) is 17.9. The van der Waals surface area contributed by atoms with Crippen LogP contribution in [0.5, 0.6) is 0 Å². The molecule has 0 unspecified atom stereocenters. The van der Waals surface area contributed by atoms with Gasteiger partial charge in [0.2, 0.25) is 5.91 Å². The van der Waals surface area contributed by atoms with Crippen LogP contribution in [-0.2, 0) is 24.4 Å². The van der Waals surface area contributed by atoms with Crippen LogP contribution >= 0.6 is 15.9 Å². The third kappa shape index (κ3) is 4.48. The second-order valence-electron chi connectivity index (χ2n) is 6.51. The van der Waals surface area contributed by atoms with Crippen molar-refractivity contribution in [3.63, 3.8) is 0 Å². The minimum atomic E-state index is -4.18. The van der Waals surface area contributed by atoms with Gasteiger partial charge < -0.3 is 0 Å². The van der Waals surface area contributed by atoms with Gasteiger partial charge in [0.15, 0.2) is 6.04 Å². The Morgan fingerprint density at radius 3 is 2.41 bits per heavy atom. The van der Waals surface area contributed by atoms with Crippen LogP contribution < -0.4 is 10.9 Å². The number of benzene rings is 2. The van der Waals surface area contributed by atoms with Crippen molar-refractivity contribution in [2.24, 2.45) is 5.73 Å². The number of halogens is 1. The van der Waals surface area contributed by atoms with Gasteiger partial charge in [-0.2, -0.15) is 0 Å². The number of rotatable bonds is 5. The lowest BCUT2D eigenvalue weighted by Gasteiger charge is -2.21. The summed E-state index contributed by atoms with van der Waals surface area (Å²) >= 11 is 3.31. The number of hydrogen-bond acceptors (Lipinski definition) is 5. The molecule has 0 radical (unpaired) electrons. The molecule has 152 valence electrons. The topological polar surface area (TPSA) is 121 Å². The van der Waals surface area contributed by atoms with Crippen molar-refractivity contribution in [1.82, 2.24) is 4.31 Å². The fourth-order valence-corrected chi connectivity index (χ4v) is 4.72. The molecule has 10 heteroatoms. The molecule has 2 aromatic carbocycles. The van der Waals surface area contributed by atoms with Gasteiger partial charge in [-0.1, -0.05) is 38.8 Å². The lowest BCUT2D eigenvalue weighted by molar-refractivity contribution is -0.724. The van der Waals surface area contributed by atoms with E-state index in [-0.39, 0.29) is 23.6 Å². The van der Waals surface area contributed by atoms with Gasteiger partial charge in [-0.15, -0.1) is 0 Å². The number of carbonyl (C=O) groups is 2. The second kappa shape index (κ2) is 8.34. The van der Waals surface area contributed by atoms with Crippen molar-refractivity contribution < 1.29 is 28.0 Å². The molecule has 1 fully saturated rings. The van der Waals surface area contributed by atoms with Crippen LogP contribution in [0.15, 0.2) is 57.9 Å². The average molecular weight is 481 g/mol. The van der Waals surface area contributed by atoms with Crippen molar-refractivity contribution >= 4 is 43.7 Å². The number of aryl methyl sites for hydroxylation is 1. The van der Waals surface area contributed by atoms with Gasteiger partial charge in [-0.3, -0.25) is 15.4 Å². The Hall–Kier alpha value is -2.72. The first kappa shape index (κ1) is 21.0. The zero-order valence-electron chi connectivity index (χ0n) is 15.5. The Morgan fingerprint density at radius 2 is 1.79 bits per heavy atom. The van der Waals surface area contributed by atoms with Gasteiger partial charge in [-0.05, 0) is 49.7 Å². The molecule has 1 aliphatic heterocycles. The highest BCUT2D eigenvalue weighted by Gasteiger charge is 2.45. The first-order valence-electron chi connectivity index (χ1n) is 8.69. The van der Waals surface area contributed by atoms with Gasteiger partial charge in [-0.25, -0.2) is 17.5 Å². The molecule has 0 spiro atoms. The SMILES string of the molecule is Cc1ccc(S(=O)(=O)N2C(=O)CC[C@@H]2C(=O)O[NH+]=C(N)c2ccc(Br)cc2)cc1. The maximum absolute atomic E-state index is 12.9. The lowest BCUT2D eigenvalue weighted by atomic mass is 10.2. The van der Waals surface area contributed by atoms with Crippen molar-refractivity contribution in [2.45, 2.75) is 30.7 Å². The molecule has 0 bridgehead atoms. The number of hydrogen-bond donors (Lipinski definition) is 2. The molecule has 0 aromatic heterocycles. The van der Waals surface area contributed by atoms with Crippen LogP contribution in [0.2, 0.25) is 0 Å². The first-order chi connectivity index (χ1) is 13.7. The normalized spacial score (nSPS) is 17.4. The van der Waals surface area contributed by atoms with E-state index in [1.807, 2.05) is 6.92 Å². The number of carbonyl (C=O) groups excluding carboxylic acids is 2. The fraction of sp³-hybridized carbons (Fsp3) is 0.211. The van der Waals surface area contributed by atoms with E-state index < -0.39 is 27.9 Å². The summed E-state index contributed by atoms with van der Waals surface area (Å²) in [5.41, 5.74) is 7.31. The highest BCUT2D eigenvalue weighted by molar-refractivity contribution is 9.10. The Balaban J connectivity index is 1.80. The predicted molar refractivity (Wildman–Crippen MR) is 108 cm³/mol. The summed E-state index contributed by atoms with van der Waals surface area (Å²) in [6.07, 6.45) is -0.0423. The first-order valence-corrected chi connectivity index (χ1v) is 10.9. The van der Waals surface area contributed by atoms with Gasteiger partial charge in [0.05, 0.1) is 10.5 Å². The smallest absolute Gasteiger partial charge is 0.284 e. The van der Waals surface area contributed by atoms with Crippen molar-refractivity contribution in [2.75, 3.05) is 0 Å². The van der Waals surface area contributed by atoms with E-state index in [9.17, 15) is 18.0 Å². The maximum atomic E-state index is 12.9. The molecule has 1 saturated heterocycles. The molecular formula is C19H19BrN3O5S+. The minimum absolute atomic E-state index is 0.0304. The summed E-state index contributed by atoms with van der Waals surface area (Å²) in [5, 5.41) is 2.33. The van der Waals surface area contributed by atoms with E-state index in [4.69, 9.17) is 10.6 Å². The van der Waals surface area contributed by atoms with Gasteiger partial charge in [0.1, 0.15) is 0 Å². The molecule has 3 rings (SSSR count). The van der Waals surface area contributed by atoms with Gasteiger partial charge in [0.25, 0.3) is 10.0 Å². The summed E-state index contributed by atoms with van der Waals surface area (Å²) in [6, 6.07) is 11.7. The second-order valence-corrected chi connectivity index (χ2v) is 9.24. The molecule has 1 aliphatic rings. The molecular weight excluding hydrogens is 462 g/mol. The van der Waals surface area contributed by atoms with E-state index in [0.29, 0.717) is 9.87 Å². The molecule has 29 heavy (non-hydrogen) atoms. The van der Waals surface area contributed by atoms with Crippen LogP contribution in [0.25, 0.3) is 0 Å². The summed E-state index contributed by atoms with van der Waals surface area (Å²) in [6.45, 7) is 1.82. The number of nitrogens with zero attached hydrogens (tertiary/aromatic N) is 1. The van der Waals surface area contributed by atoms with Gasteiger partial charge in [0, 0.05) is 10.9 Å². The maximum Gasteiger partial charge on any atom is 0.380 e. The predicted octanol–water partition coefficient (Wildman–Crippen LogP) is 0.382. The van der Waals surface area contributed by atoms with E-state index >= 15 is 0 Å². The highest BCUT2D eigenvalue weighted by Crippen LogP contribution is 2.27. The van der Waals surface area contributed by atoms with Gasteiger partial charge >= 0.3 is 11.8 Å². The Morgan fingerprint density at radius 1 is 1.17 bits per heavy atom. The molecule has 3 N–H and O–H groups in total. The molecule has 1 atom stereocenters. The number of nitrogens with two attached hydrogens (primary N) is 1. The molecule has 0 saturated carbocycles. The summed E-state index contributed by atoms with van der Waals surface area (Å²) in [5.74, 6) is -1.49. The monoisotopic (exact) mass is 480 g/mol. The number of amidine groups is 1. The fourth-order valence-electron chi connectivity index (χ4n) is 2.86. The van der Waals surface area contributed by atoms with Crippen LogP contribution in [0, 0.1) is 6.92 Å². The van der Waals surface area contributed by atoms with Crippen molar-refractivity contribution in [3.8, 4) is 0 Å². The van der Waals surface area contributed by atoms with Crippen LogP contribution in [0.1, 0.15) is 24.0 Å². The third-order valence-corrected chi connectivity index (χ3v) is 6.80. The van der Waals surface area contributed by atoms with Crippen LogP contribution in [-0.4, -0.2) is 36.5 Å². The number of nitrogen functional groups attached to an aromatic ring is 1. The standard InChI is InChI=1S/C19H18BrN3O5S/c1-12-2-8-15(9-3-12)29(26,27)23-16(10-11-17(23)24)19(25)28-22-18(21)13-4-6-14(20)7-5-13/h2-9,16H,10-11H2,1H3,(H2,21,22)/p+1/t16-/m1/s1. The molecule has 0 aliphatic carbocycles. The lowest BCUT2D eigenvalue weighted by Crippen LogP contribution is -2.76. The summed E-state index contributed by atoms with van der Waals surface area (Å²) in [4.78, 5) is 29.7. The van der Waals surface area contributed by atoms with Crippen LogP contribution in [0.3, 0.4) is 0 Å².